The highest BCUT2D eigenvalue weighted by atomic mass is 19.1. The molecule has 10 rings (SSSR count). The summed E-state index contributed by atoms with van der Waals surface area (Å²) in [5.41, 5.74) is 6.61. The van der Waals surface area contributed by atoms with Crippen LogP contribution >= 0.6 is 0 Å². The smallest absolute Gasteiger partial charge is 0.336 e. The lowest BCUT2D eigenvalue weighted by Crippen LogP contribution is -2.16. The van der Waals surface area contributed by atoms with Crippen LogP contribution in [0.15, 0.2) is 212 Å². The molecule has 15 nitrogen and oxygen atoms in total. The van der Waals surface area contributed by atoms with Gasteiger partial charge in [0.25, 0.3) is 17.7 Å². The van der Waals surface area contributed by atoms with Gasteiger partial charge in [-0.1, -0.05) is 124 Å². The first-order valence-corrected chi connectivity index (χ1v) is 28.3. The van der Waals surface area contributed by atoms with E-state index in [0.29, 0.717) is 47.6 Å². The Bertz CT molecular complexity index is 3880. The third-order valence-corrected chi connectivity index (χ3v) is 13.6. The topological polar surface area (TPSA) is 227 Å². The summed E-state index contributed by atoms with van der Waals surface area (Å²) in [4.78, 5) is 71.3. The van der Waals surface area contributed by atoms with E-state index in [4.69, 9.17) is 14.2 Å². The summed E-state index contributed by atoms with van der Waals surface area (Å²) in [6.45, 7) is 5.50. The highest BCUT2D eigenvalue weighted by Crippen LogP contribution is 2.32. The minimum absolute atomic E-state index is 0.00594. The Morgan fingerprint density at radius 2 is 0.759 bits per heavy atom. The Hall–Kier alpha value is -10.9. The van der Waals surface area contributed by atoms with Gasteiger partial charge in [-0.2, -0.15) is 0 Å². The van der Waals surface area contributed by atoms with Gasteiger partial charge < -0.3 is 45.5 Å². The first-order valence-electron chi connectivity index (χ1n) is 28.3. The van der Waals surface area contributed by atoms with Crippen LogP contribution in [0.1, 0.15) is 115 Å². The summed E-state index contributed by atoms with van der Waals surface area (Å²) in [5.74, 6) is -3.14. The highest BCUT2D eigenvalue weighted by molar-refractivity contribution is 6.12. The van der Waals surface area contributed by atoms with Crippen molar-refractivity contribution in [2.75, 3.05) is 29.2 Å². The number of hydrogen-bond acceptors (Lipinski definition) is 9. The number of halogens is 1. The Labute approximate surface area is 503 Å². The molecule has 0 unspecified atom stereocenters. The fraction of sp³-hybridized carbons (Fsp3) is 0.155. The summed E-state index contributed by atoms with van der Waals surface area (Å²) in [5, 5.41) is 35.8. The summed E-state index contributed by atoms with van der Waals surface area (Å²) in [6.07, 6.45) is 6.65. The van der Waals surface area contributed by atoms with E-state index in [1.54, 1.807) is 84.9 Å². The van der Waals surface area contributed by atoms with Crippen molar-refractivity contribution in [3.63, 3.8) is 0 Å². The molecule has 3 amide bonds. The lowest BCUT2D eigenvalue weighted by atomic mass is 10.0. The number of rotatable bonds is 22. The molecule has 442 valence electrons. The molecule has 1 saturated carbocycles. The molecule has 6 N–H and O–H groups in total. The normalized spacial score (nSPS) is 11.3. The molecule has 0 heterocycles. The van der Waals surface area contributed by atoms with Crippen LogP contribution in [-0.2, 0) is 0 Å². The molecule has 16 heteroatoms. The molecule has 1 aliphatic rings. The molecule has 1 fully saturated rings. The molecule has 87 heavy (non-hydrogen) atoms. The molecule has 0 atom stereocenters. The number of unbranched alkanes of at least 4 members (excludes halogenated alkanes) is 2. The molecule has 9 aromatic carbocycles. The van der Waals surface area contributed by atoms with Crippen molar-refractivity contribution >= 4 is 52.7 Å². The number of ether oxygens (including phenoxy) is 3. The zero-order valence-electron chi connectivity index (χ0n) is 47.8. The maximum atomic E-state index is 14.7. The lowest BCUT2D eigenvalue weighted by molar-refractivity contribution is 0.0683. The molecule has 9 aromatic rings. The van der Waals surface area contributed by atoms with E-state index in [-0.39, 0.29) is 39.1 Å². The summed E-state index contributed by atoms with van der Waals surface area (Å²) in [6, 6.07) is 60.3. The monoisotopic (exact) mass is 1170 g/mol. The number of aromatic carboxylic acids is 3. The number of carbonyl (C=O) groups is 6. The number of carboxylic acids is 3. The van der Waals surface area contributed by atoms with Crippen molar-refractivity contribution in [2.24, 2.45) is 0 Å². The Kier molecular flexibility index (Phi) is 21.9. The maximum absolute atomic E-state index is 14.7. The number of nitrogens with one attached hydrogen (secondary N) is 3. The van der Waals surface area contributed by atoms with Crippen LogP contribution < -0.4 is 30.2 Å². The van der Waals surface area contributed by atoms with Crippen molar-refractivity contribution < 1.29 is 62.7 Å². The van der Waals surface area contributed by atoms with Gasteiger partial charge in [0.05, 0.1) is 52.7 Å². The van der Waals surface area contributed by atoms with Gasteiger partial charge in [0.1, 0.15) is 23.1 Å². The van der Waals surface area contributed by atoms with Crippen LogP contribution in [0.25, 0.3) is 33.4 Å². The summed E-state index contributed by atoms with van der Waals surface area (Å²) < 4.78 is 32.0. The van der Waals surface area contributed by atoms with Gasteiger partial charge in [0, 0.05) is 22.6 Å². The quantitative estimate of drug-likeness (QED) is 0.0349. The van der Waals surface area contributed by atoms with E-state index in [0.717, 1.165) is 72.3 Å². The van der Waals surface area contributed by atoms with Gasteiger partial charge in [0.15, 0.2) is 0 Å². The number of carboxylic acid groups (broad SMARTS) is 3. The average Bonchev–Trinajstić information content (AvgIpc) is 4.51. The molecule has 0 bridgehead atoms. The first kappa shape index (κ1) is 62.2. The van der Waals surface area contributed by atoms with E-state index in [9.17, 15) is 48.5 Å². The van der Waals surface area contributed by atoms with E-state index < -0.39 is 41.4 Å². The minimum atomic E-state index is -1.21. The van der Waals surface area contributed by atoms with Crippen LogP contribution in [0.5, 0.6) is 17.2 Å². The predicted octanol–water partition coefficient (Wildman–Crippen LogP) is 16.0. The molecule has 0 radical (unpaired) electrons. The van der Waals surface area contributed by atoms with Gasteiger partial charge in [0.2, 0.25) is 0 Å². The van der Waals surface area contributed by atoms with Crippen LogP contribution in [0.4, 0.5) is 21.5 Å². The van der Waals surface area contributed by atoms with E-state index in [2.05, 4.69) is 29.8 Å². The first-order chi connectivity index (χ1) is 42.2. The average molecular weight is 1170 g/mol. The van der Waals surface area contributed by atoms with Crippen LogP contribution in [-0.4, -0.2) is 70.3 Å². The number of benzene rings is 9. The van der Waals surface area contributed by atoms with Gasteiger partial charge in [-0.3, -0.25) is 14.4 Å². The predicted molar refractivity (Wildman–Crippen MR) is 334 cm³/mol. The SMILES string of the molecule is CCCCOc1cccc(-c2ccc(NC(=O)c3ccccc3C(=O)O)cc2)c1.CCCCOc1cccc(-c2ccc(NC(=O)c3ccccc3C(=O)O)cc2F)c1.O=C(O)c1ccccc1C(=O)Nc1ccc(-c2cccc(OC3CC3)c2)cc1. The van der Waals surface area contributed by atoms with Gasteiger partial charge >= 0.3 is 17.9 Å². The highest BCUT2D eigenvalue weighted by Gasteiger charge is 2.24. The molecular formula is C71H64FN3O12. The Morgan fingerprint density at radius 3 is 1.15 bits per heavy atom. The molecule has 0 aliphatic heterocycles. The molecule has 0 saturated heterocycles. The third-order valence-electron chi connectivity index (χ3n) is 13.6. The third kappa shape index (κ3) is 17.8. The van der Waals surface area contributed by atoms with Crippen LogP contribution in [0.2, 0.25) is 0 Å². The fourth-order valence-corrected chi connectivity index (χ4v) is 8.83. The number of carbonyl (C=O) groups excluding carboxylic acids is 3. The fourth-order valence-electron chi connectivity index (χ4n) is 8.83. The standard InChI is InChI=1S/C24H22FNO4.C24H23NO4.C23H19NO4/c1-2-3-13-30-18-8-6-7-16(14-18)19-12-11-17(15-22(19)25)26-23(27)20-9-4-5-10-21(20)24(28)29;1-2-3-15-29-20-8-6-7-18(16-20)17-11-13-19(14-12-17)25-23(26)21-9-4-5-10-22(21)24(27)28;25-22(20-6-1-2-7-21(20)23(26)27)24-17-10-8-15(9-11-17)16-4-3-5-19(14-16)28-18-12-13-18/h4-12,14-15H,2-3,13H2,1H3,(H,26,27)(H,28,29);4-14,16H,2-3,15H2,1H3,(H,25,26)(H,27,28);1-11,14,18H,12-13H2,(H,24,25)(H,26,27). The van der Waals surface area contributed by atoms with Gasteiger partial charge in [-0.25, -0.2) is 18.8 Å². The van der Waals surface area contributed by atoms with Crippen molar-refractivity contribution in [2.45, 2.75) is 58.5 Å². The zero-order chi connectivity index (χ0) is 61.7. The van der Waals surface area contributed by atoms with Crippen molar-refractivity contribution in [3.05, 3.63) is 252 Å². The Balaban J connectivity index is 0.000000169. The Morgan fingerprint density at radius 1 is 0.402 bits per heavy atom. The zero-order valence-corrected chi connectivity index (χ0v) is 47.8. The van der Waals surface area contributed by atoms with E-state index in [1.807, 2.05) is 78.9 Å². The maximum Gasteiger partial charge on any atom is 0.336 e. The van der Waals surface area contributed by atoms with E-state index >= 15 is 0 Å². The van der Waals surface area contributed by atoms with Gasteiger partial charge in [-0.05, 0) is 169 Å². The molecular weight excluding hydrogens is 1110 g/mol. The van der Waals surface area contributed by atoms with Crippen LogP contribution in [0, 0.1) is 5.82 Å². The number of anilines is 3. The molecule has 0 aromatic heterocycles. The molecule has 1 aliphatic carbocycles. The van der Waals surface area contributed by atoms with E-state index in [1.165, 1.54) is 48.5 Å². The van der Waals surface area contributed by atoms with Crippen molar-refractivity contribution in [1.82, 2.24) is 0 Å². The summed E-state index contributed by atoms with van der Waals surface area (Å²) in [7, 11) is 0. The lowest BCUT2D eigenvalue weighted by Gasteiger charge is -2.11. The minimum Gasteiger partial charge on any atom is -0.494 e. The second-order valence-corrected chi connectivity index (χ2v) is 20.1. The second kappa shape index (κ2) is 30.6. The van der Waals surface area contributed by atoms with Gasteiger partial charge in [-0.15, -0.1) is 0 Å². The number of amides is 3. The van der Waals surface area contributed by atoms with Crippen molar-refractivity contribution in [3.8, 4) is 50.6 Å². The molecule has 0 spiro atoms. The number of hydrogen-bond donors (Lipinski definition) is 6. The van der Waals surface area contributed by atoms with Crippen molar-refractivity contribution in [1.29, 1.82) is 0 Å². The van der Waals surface area contributed by atoms with Crippen LogP contribution in [0.3, 0.4) is 0 Å². The second-order valence-electron chi connectivity index (χ2n) is 20.1. The largest absolute Gasteiger partial charge is 0.494 e. The summed E-state index contributed by atoms with van der Waals surface area (Å²) >= 11 is 0.